The summed E-state index contributed by atoms with van der Waals surface area (Å²) < 4.78 is 30.8. The van der Waals surface area contributed by atoms with Crippen LogP contribution < -0.4 is 0 Å². The molecule has 48 heavy (non-hydrogen) atoms. The summed E-state index contributed by atoms with van der Waals surface area (Å²) in [6, 6.07) is 0. The highest BCUT2D eigenvalue weighted by Crippen LogP contribution is 2.72. The normalized spacial score (nSPS) is 59.3. The zero-order chi connectivity index (χ0) is 34.7. The van der Waals surface area contributed by atoms with Crippen molar-refractivity contribution >= 4 is 5.97 Å². The standard InChI is InChI=1S/C35H56O13/c1-15-14-44-35(10-21(15)38)16(2)27-22(48-35)9-20-18-8-26(39)34(43)12-24(45-17(3)37)23(11-33(34,5)19(18)6-7-32(20,27)4)46-31-30(42)29(41)28(40)25(13-36)47-31/h15-16,18-31,36,38-43H,6-14H2,1-5H3/t15-,16-,18+,19-,20-,21-,22?,23+,24+,25+,26+,27?,28+,29-,30+,31+,32-,33+,34-,35+/m0/s1. The Labute approximate surface area is 281 Å². The van der Waals surface area contributed by atoms with E-state index in [1.54, 1.807) is 0 Å². The van der Waals surface area contributed by atoms with Crippen LogP contribution in [0.2, 0.25) is 0 Å². The number of carbonyl (C=O) groups excluding carboxylic acids is 1. The van der Waals surface area contributed by atoms with Crippen LogP contribution in [0.25, 0.3) is 0 Å². The molecule has 0 radical (unpaired) electrons. The Bertz CT molecular complexity index is 1230. The highest BCUT2D eigenvalue weighted by Gasteiger charge is 2.73. The van der Waals surface area contributed by atoms with Gasteiger partial charge in [-0.3, -0.25) is 4.79 Å². The van der Waals surface area contributed by atoms with E-state index in [-0.39, 0.29) is 59.9 Å². The Morgan fingerprint density at radius 3 is 2.33 bits per heavy atom. The van der Waals surface area contributed by atoms with E-state index < -0.39 is 84.5 Å². The lowest BCUT2D eigenvalue weighted by Crippen LogP contribution is -2.71. The van der Waals surface area contributed by atoms with Crippen LogP contribution in [0.15, 0.2) is 0 Å². The average molecular weight is 685 g/mol. The number of hydrogen-bond acceptors (Lipinski definition) is 13. The lowest BCUT2D eigenvalue weighted by Gasteiger charge is -2.66. The highest BCUT2D eigenvalue weighted by atomic mass is 16.7. The lowest BCUT2D eigenvalue weighted by molar-refractivity contribution is -0.340. The molecule has 7 fully saturated rings. The molecular formula is C35H56O13. The molecule has 0 bridgehead atoms. The monoisotopic (exact) mass is 684 g/mol. The first-order chi connectivity index (χ1) is 22.5. The molecule has 1 spiro atoms. The number of esters is 1. The fourth-order valence-corrected chi connectivity index (χ4v) is 12.1. The van der Waals surface area contributed by atoms with Gasteiger partial charge in [-0.15, -0.1) is 0 Å². The molecule has 7 aliphatic rings. The Morgan fingerprint density at radius 1 is 0.938 bits per heavy atom. The minimum absolute atomic E-state index is 0.0140. The summed E-state index contributed by atoms with van der Waals surface area (Å²) in [5, 5.41) is 76.3. The molecule has 274 valence electrons. The van der Waals surface area contributed by atoms with Gasteiger partial charge in [0.05, 0.1) is 43.2 Å². The SMILES string of the molecule is CC(=O)O[C@@H]1C[C@]2(O)[C@H](O)C[C@H]3[C@@H]4CC5O[C@]6(C[C@H](O)[C@@H](C)CO6)[C@@H](C)C5[C@@]4(C)CC[C@@H]3[C@@]2(C)C[C@H]1O[C@@H]1O[C@H](CO)[C@@H](O)[C@H](O)[C@H]1O. The molecule has 0 aromatic carbocycles. The molecule has 0 aromatic heterocycles. The molecule has 3 saturated heterocycles. The predicted molar refractivity (Wildman–Crippen MR) is 166 cm³/mol. The van der Waals surface area contributed by atoms with E-state index >= 15 is 0 Å². The smallest absolute Gasteiger partial charge is 0.302 e. The second-order valence-corrected chi connectivity index (χ2v) is 17.0. The number of aliphatic hydroxyl groups excluding tert-OH is 6. The molecule has 2 unspecified atom stereocenters. The predicted octanol–water partition coefficient (Wildman–Crippen LogP) is 0.216. The van der Waals surface area contributed by atoms with Gasteiger partial charge in [-0.2, -0.15) is 0 Å². The van der Waals surface area contributed by atoms with Gasteiger partial charge < -0.3 is 59.4 Å². The second-order valence-electron chi connectivity index (χ2n) is 17.0. The van der Waals surface area contributed by atoms with E-state index in [4.69, 9.17) is 23.7 Å². The first-order valence-electron chi connectivity index (χ1n) is 18.0. The fourth-order valence-electron chi connectivity index (χ4n) is 12.1. The molecule has 4 aliphatic carbocycles. The van der Waals surface area contributed by atoms with Gasteiger partial charge in [0.15, 0.2) is 12.1 Å². The maximum atomic E-state index is 12.4. The van der Waals surface area contributed by atoms with Crippen molar-refractivity contribution in [2.45, 2.75) is 152 Å². The van der Waals surface area contributed by atoms with E-state index in [2.05, 4.69) is 13.8 Å². The van der Waals surface area contributed by atoms with Gasteiger partial charge >= 0.3 is 5.97 Å². The zero-order valence-corrected chi connectivity index (χ0v) is 28.7. The molecule has 13 nitrogen and oxygen atoms in total. The van der Waals surface area contributed by atoms with E-state index in [0.29, 0.717) is 19.4 Å². The van der Waals surface area contributed by atoms with Crippen LogP contribution in [-0.4, -0.2) is 128 Å². The van der Waals surface area contributed by atoms with Gasteiger partial charge in [-0.25, -0.2) is 0 Å². The van der Waals surface area contributed by atoms with E-state index in [1.165, 1.54) is 6.92 Å². The van der Waals surface area contributed by atoms with E-state index in [1.807, 2.05) is 13.8 Å². The summed E-state index contributed by atoms with van der Waals surface area (Å²) in [6.07, 6.45) is -7.55. The maximum absolute atomic E-state index is 12.4. The van der Waals surface area contributed by atoms with Crippen molar-refractivity contribution in [3.63, 3.8) is 0 Å². The molecule has 4 saturated carbocycles. The largest absolute Gasteiger partial charge is 0.460 e. The summed E-state index contributed by atoms with van der Waals surface area (Å²) in [7, 11) is 0. The van der Waals surface area contributed by atoms with Gasteiger partial charge in [0.1, 0.15) is 30.5 Å². The van der Waals surface area contributed by atoms with Gasteiger partial charge in [0, 0.05) is 37.0 Å². The van der Waals surface area contributed by atoms with Crippen molar-refractivity contribution in [3.8, 4) is 0 Å². The van der Waals surface area contributed by atoms with E-state index in [0.717, 1.165) is 19.3 Å². The summed E-state index contributed by atoms with van der Waals surface area (Å²) in [6.45, 7) is 9.60. The number of carbonyl (C=O) groups is 1. The topological polar surface area (TPSA) is 205 Å². The van der Waals surface area contributed by atoms with Crippen molar-refractivity contribution in [1.82, 2.24) is 0 Å². The average Bonchev–Trinajstić information content (AvgIpc) is 3.46. The molecule has 3 heterocycles. The number of aliphatic hydroxyl groups is 7. The van der Waals surface area contributed by atoms with Gasteiger partial charge in [0.2, 0.25) is 0 Å². The number of hydrogen-bond donors (Lipinski definition) is 7. The van der Waals surface area contributed by atoms with Crippen LogP contribution in [0, 0.1) is 46.3 Å². The summed E-state index contributed by atoms with van der Waals surface area (Å²) in [5.74, 6) is -0.778. The van der Waals surface area contributed by atoms with Gasteiger partial charge in [0.25, 0.3) is 0 Å². The molecule has 7 N–H and O–H groups in total. The Hall–Kier alpha value is -0.970. The van der Waals surface area contributed by atoms with Crippen molar-refractivity contribution in [1.29, 1.82) is 0 Å². The highest BCUT2D eigenvalue weighted by molar-refractivity contribution is 5.66. The van der Waals surface area contributed by atoms with Crippen molar-refractivity contribution in [3.05, 3.63) is 0 Å². The molecule has 0 amide bonds. The molecule has 3 aliphatic heterocycles. The zero-order valence-electron chi connectivity index (χ0n) is 28.7. The third kappa shape index (κ3) is 5.01. The third-order valence-corrected chi connectivity index (χ3v) is 14.7. The minimum Gasteiger partial charge on any atom is -0.460 e. The summed E-state index contributed by atoms with van der Waals surface area (Å²) in [5.41, 5.74) is -2.58. The quantitative estimate of drug-likeness (QED) is 0.157. The Kier molecular flexibility index (Phi) is 8.89. The van der Waals surface area contributed by atoms with Gasteiger partial charge in [-0.1, -0.05) is 27.7 Å². The second kappa shape index (κ2) is 12.0. The minimum atomic E-state index is -1.64. The molecular weight excluding hydrogens is 628 g/mol. The molecule has 7 rings (SSSR count). The van der Waals surface area contributed by atoms with Crippen LogP contribution in [0.3, 0.4) is 0 Å². The van der Waals surface area contributed by atoms with Gasteiger partial charge in [-0.05, 0) is 61.2 Å². The Balaban J connectivity index is 1.16. The first-order valence-corrected chi connectivity index (χ1v) is 18.0. The van der Waals surface area contributed by atoms with Crippen LogP contribution in [0.4, 0.5) is 0 Å². The van der Waals surface area contributed by atoms with Crippen LogP contribution in [0.5, 0.6) is 0 Å². The first kappa shape index (κ1) is 35.4. The molecule has 13 heteroatoms. The van der Waals surface area contributed by atoms with Crippen LogP contribution >= 0.6 is 0 Å². The van der Waals surface area contributed by atoms with Crippen molar-refractivity contribution in [2.75, 3.05) is 13.2 Å². The molecule has 0 aromatic rings. The fraction of sp³-hybridized carbons (Fsp3) is 0.971. The van der Waals surface area contributed by atoms with Crippen LogP contribution in [-0.2, 0) is 28.5 Å². The number of ether oxygens (including phenoxy) is 5. The lowest BCUT2D eigenvalue weighted by atomic mass is 9.42. The maximum Gasteiger partial charge on any atom is 0.302 e. The van der Waals surface area contributed by atoms with E-state index in [9.17, 15) is 40.5 Å². The third-order valence-electron chi connectivity index (χ3n) is 14.7. The van der Waals surface area contributed by atoms with Crippen molar-refractivity contribution in [2.24, 2.45) is 46.3 Å². The Morgan fingerprint density at radius 2 is 1.67 bits per heavy atom. The molecule has 20 atom stereocenters. The number of rotatable bonds is 4. The summed E-state index contributed by atoms with van der Waals surface area (Å²) in [4.78, 5) is 12.2. The van der Waals surface area contributed by atoms with Crippen molar-refractivity contribution < 1.29 is 64.2 Å². The summed E-state index contributed by atoms with van der Waals surface area (Å²) >= 11 is 0. The number of fused-ring (bicyclic) bond motifs is 7. The van der Waals surface area contributed by atoms with Crippen LogP contribution in [0.1, 0.15) is 79.6 Å².